The monoisotopic (exact) mass is 249 g/mol. The number of aromatic amines is 1. The first kappa shape index (κ1) is 11.2. The summed E-state index contributed by atoms with van der Waals surface area (Å²) >= 11 is 4.59. The SMILES string of the molecule is O=C1CNCc2[nH]c(=S)nc(C(F)(F)F)c21. The summed E-state index contributed by atoms with van der Waals surface area (Å²) in [4.78, 5) is 17.1. The molecule has 8 heteroatoms. The maximum atomic E-state index is 12.6. The van der Waals surface area contributed by atoms with Crippen LogP contribution in [0.4, 0.5) is 13.2 Å². The molecule has 2 heterocycles. The average Bonchev–Trinajstić information content (AvgIpc) is 2.15. The Labute approximate surface area is 92.9 Å². The zero-order chi connectivity index (χ0) is 11.9. The molecule has 1 aromatic rings. The summed E-state index contributed by atoms with van der Waals surface area (Å²) in [5.74, 6) is -0.632. The highest BCUT2D eigenvalue weighted by atomic mass is 32.1. The van der Waals surface area contributed by atoms with E-state index in [0.29, 0.717) is 0 Å². The summed E-state index contributed by atoms with van der Waals surface area (Å²) in [6.07, 6.45) is -4.67. The largest absolute Gasteiger partial charge is 0.434 e. The van der Waals surface area contributed by atoms with Crippen molar-refractivity contribution in [3.8, 4) is 0 Å². The molecule has 4 nitrogen and oxygen atoms in total. The number of nitrogens with zero attached hydrogens (tertiary/aromatic N) is 1. The lowest BCUT2D eigenvalue weighted by molar-refractivity contribution is -0.141. The molecule has 0 amide bonds. The van der Waals surface area contributed by atoms with Gasteiger partial charge in [0.15, 0.2) is 16.2 Å². The van der Waals surface area contributed by atoms with E-state index in [-0.39, 0.29) is 23.6 Å². The highest BCUT2D eigenvalue weighted by Crippen LogP contribution is 2.32. The maximum absolute atomic E-state index is 12.6. The van der Waals surface area contributed by atoms with E-state index < -0.39 is 23.2 Å². The Morgan fingerprint density at radius 2 is 2.00 bits per heavy atom. The Morgan fingerprint density at radius 1 is 1.31 bits per heavy atom. The Kier molecular flexibility index (Phi) is 2.55. The fourth-order valence-electron chi connectivity index (χ4n) is 1.55. The van der Waals surface area contributed by atoms with Gasteiger partial charge in [0.25, 0.3) is 0 Å². The van der Waals surface area contributed by atoms with Crippen molar-refractivity contribution in [2.24, 2.45) is 0 Å². The predicted octanol–water partition coefficient (Wildman–Crippen LogP) is 1.44. The van der Waals surface area contributed by atoms with Crippen LogP contribution in [-0.4, -0.2) is 22.3 Å². The molecule has 0 spiro atoms. The minimum absolute atomic E-state index is 0.123. The number of Topliss-reactive ketones (excluding diaryl/α,β-unsaturated/α-hetero) is 1. The zero-order valence-electron chi connectivity index (χ0n) is 7.81. The summed E-state index contributed by atoms with van der Waals surface area (Å²) in [6.45, 7) is 0.0265. The molecule has 0 saturated carbocycles. The molecule has 0 bridgehead atoms. The molecular formula is C8H6F3N3OS. The number of carbonyl (C=O) groups is 1. The molecule has 0 radical (unpaired) electrons. The van der Waals surface area contributed by atoms with Crippen molar-refractivity contribution in [1.29, 1.82) is 0 Å². The van der Waals surface area contributed by atoms with Gasteiger partial charge in [0.05, 0.1) is 12.1 Å². The van der Waals surface area contributed by atoms with E-state index in [0.717, 1.165) is 0 Å². The molecule has 86 valence electrons. The van der Waals surface area contributed by atoms with Crippen LogP contribution in [-0.2, 0) is 12.7 Å². The summed E-state index contributed by atoms with van der Waals surface area (Å²) in [5.41, 5.74) is -1.46. The van der Waals surface area contributed by atoms with E-state index in [4.69, 9.17) is 0 Å². The van der Waals surface area contributed by atoms with Crippen LogP contribution in [0.2, 0.25) is 0 Å². The van der Waals surface area contributed by atoms with Crippen molar-refractivity contribution in [2.75, 3.05) is 6.54 Å². The second-order valence-electron chi connectivity index (χ2n) is 3.27. The molecule has 1 aliphatic heterocycles. The topological polar surface area (TPSA) is 57.8 Å². The van der Waals surface area contributed by atoms with E-state index in [1.54, 1.807) is 0 Å². The van der Waals surface area contributed by atoms with Crippen LogP contribution in [0.5, 0.6) is 0 Å². The lowest BCUT2D eigenvalue weighted by atomic mass is 10.0. The van der Waals surface area contributed by atoms with Crippen molar-refractivity contribution in [3.05, 3.63) is 21.7 Å². The molecule has 2 N–H and O–H groups in total. The van der Waals surface area contributed by atoms with Crippen LogP contribution < -0.4 is 5.32 Å². The van der Waals surface area contributed by atoms with Crippen molar-refractivity contribution in [1.82, 2.24) is 15.3 Å². The van der Waals surface area contributed by atoms with Crippen LogP contribution in [0.25, 0.3) is 0 Å². The molecule has 0 atom stereocenters. The molecular weight excluding hydrogens is 243 g/mol. The van der Waals surface area contributed by atoms with E-state index in [9.17, 15) is 18.0 Å². The molecule has 2 rings (SSSR count). The Hall–Kier alpha value is -1.28. The number of ketones is 1. The quantitative estimate of drug-likeness (QED) is 0.683. The van der Waals surface area contributed by atoms with Gasteiger partial charge in [-0.05, 0) is 12.2 Å². The van der Waals surface area contributed by atoms with Gasteiger partial charge < -0.3 is 10.3 Å². The van der Waals surface area contributed by atoms with Crippen molar-refractivity contribution in [2.45, 2.75) is 12.7 Å². The van der Waals surface area contributed by atoms with Crippen LogP contribution >= 0.6 is 12.2 Å². The van der Waals surface area contributed by atoms with E-state index in [1.807, 2.05) is 0 Å². The van der Waals surface area contributed by atoms with Gasteiger partial charge in [0.2, 0.25) is 0 Å². The third-order valence-corrected chi connectivity index (χ3v) is 2.34. The van der Waals surface area contributed by atoms with Crippen LogP contribution in [0.3, 0.4) is 0 Å². The van der Waals surface area contributed by atoms with Gasteiger partial charge in [-0.3, -0.25) is 4.79 Å². The molecule has 0 aliphatic carbocycles. The molecule has 1 aromatic heterocycles. The number of nitrogens with one attached hydrogen (secondary N) is 2. The fraction of sp³-hybridized carbons (Fsp3) is 0.375. The van der Waals surface area contributed by atoms with Gasteiger partial charge in [0, 0.05) is 12.2 Å². The molecule has 16 heavy (non-hydrogen) atoms. The highest BCUT2D eigenvalue weighted by molar-refractivity contribution is 7.71. The summed E-state index contributed by atoms with van der Waals surface area (Å²) in [5, 5.41) is 2.67. The number of alkyl halides is 3. The standard InChI is InChI=1S/C8H6F3N3OS/c9-8(10,11)6-5-3(13-7(16)14-6)1-12-2-4(5)15/h12H,1-2H2,(H,13,14,16). The first-order valence-corrected chi connectivity index (χ1v) is 4.74. The van der Waals surface area contributed by atoms with Crippen molar-refractivity contribution < 1.29 is 18.0 Å². The van der Waals surface area contributed by atoms with Crippen LogP contribution in [0, 0.1) is 4.77 Å². The fourth-order valence-corrected chi connectivity index (χ4v) is 1.76. The number of rotatable bonds is 0. The first-order chi connectivity index (χ1) is 7.39. The number of fused-ring (bicyclic) bond motifs is 1. The number of hydrogen-bond acceptors (Lipinski definition) is 4. The number of hydrogen-bond donors (Lipinski definition) is 2. The lowest BCUT2D eigenvalue weighted by Gasteiger charge is -2.19. The third-order valence-electron chi connectivity index (χ3n) is 2.14. The van der Waals surface area contributed by atoms with Crippen molar-refractivity contribution in [3.63, 3.8) is 0 Å². The van der Waals surface area contributed by atoms with Gasteiger partial charge >= 0.3 is 6.18 Å². The molecule has 0 saturated heterocycles. The van der Waals surface area contributed by atoms with Crippen molar-refractivity contribution >= 4 is 18.0 Å². The smallest absolute Gasteiger partial charge is 0.333 e. The minimum Gasteiger partial charge on any atom is -0.333 e. The molecule has 0 unspecified atom stereocenters. The maximum Gasteiger partial charge on any atom is 0.434 e. The predicted molar refractivity (Wildman–Crippen MR) is 50.5 cm³/mol. The number of carbonyl (C=O) groups excluding carboxylic acids is 1. The Bertz CT molecular complexity index is 508. The molecule has 1 aliphatic rings. The third kappa shape index (κ3) is 1.85. The summed E-state index contributed by atoms with van der Waals surface area (Å²) in [6, 6.07) is 0. The summed E-state index contributed by atoms with van der Waals surface area (Å²) in [7, 11) is 0. The Balaban J connectivity index is 2.73. The van der Waals surface area contributed by atoms with Gasteiger partial charge in [-0.1, -0.05) is 0 Å². The van der Waals surface area contributed by atoms with Crippen LogP contribution in [0.15, 0.2) is 0 Å². The molecule has 0 aromatic carbocycles. The van der Waals surface area contributed by atoms with E-state index >= 15 is 0 Å². The average molecular weight is 249 g/mol. The number of halogens is 3. The summed E-state index contributed by atoms with van der Waals surface area (Å²) < 4.78 is 37.6. The van der Waals surface area contributed by atoms with Gasteiger partial charge in [-0.25, -0.2) is 4.98 Å². The second-order valence-corrected chi connectivity index (χ2v) is 3.66. The molecule has 0 fully saturated rings. The van der Waals surface area contributed by atoms with Crippen LogP contribution in [0.1, 0.15) is 21.7 Å². The lowest BCUT2D eigenvalue weighted by Crippen LogP contribution is -2.33. The number of aromatic nitrogens is 2. The highest BCUT2D eigenvalue weighted by Gasteiger charge is 2.39. The van der Waals surface area contributed by atoms with Gasteiger partial charge in [-0.2, -0.15) is 13.2 Å². The zero-order valence-corrected chi connectivity index (χ0v) is 8.63. The normalized spacial score (nSPS) is 16.1. The second kappa shape index (κ2) is 3.63. The van der Waals surface area contributed by atoms with Gasteiger partial charge in [-0.15, -0.1) is 0 Å². The van der Waals surface area contributed by atoms with E-state index in [2.05, 4.69) is 27.5 Å². The first-order valence-electron chi connectivity index (χ1n) is 4.34. The van der Waals surface area contributed by atoms with Gasteiger partial charge in [0.1, 0.15) is 0 Å². The Morgan fingerprint density at radius 3 is 2.62 bits per heavy atom. The minimum atomic E-state index is -4.67. The number of H-pyrrole nitrogens is 1. The van der Waals surface area contributed by atoms with E-state index in [1.165, 1.54) is 0 Å².